The molecule has 7 heteroatoms. The highest BCUT2D eigenvalue weighted by atomic mass is 19.1. The lowest BCUT2D eigenvalue weighted by Gasteiger charge is -2.36. The van der Waals surface area contributed by atoms with Crippen LogP contribution in [0.3, 0.4) is 0 Å². The first-order valence-corrected chi connectivity index (χ1v) is 12.0. The quantitative estimate of drug-likeness (QED) is 0.519. The second-order valence-electron chi connectivity index (χ2n) is 8.84. The third-order valence-corrected chi connectivity index (χ3v) is 6.61. The molecule has 1 atom stereocenters. The van der Waals surface area contributed by atoms with E-state index in [1.807, 2.05) is 0 Å². The Labute approximate surface area is 201 Å². The Hall–Kier alpha value is -2.90. The van der Waals surface area contributed by atoms with E-state index in [4.69, 9.17) is 9.47 Å². The van der Waals surface area contributed by atoms with Crippen molar-refractivity contribution >= 4 is 11.6 Å². The monoisotopic (exact) mass is 467 g/mol. The summed E-state index contributed by atoms with van der Waals surface area (Å²) in [7, 11) is 1.41. The van der Waals surface area contributed by atoms with Crippen LogP contribution in [0.2, 0.25) is 0 Å². The number of halogens is 1. The summed E-state index contributed by atoms with van der Waals surface area (Å²) < 4.78 is 25.2. The van der Waals surface area contributed by atoms with Crippen LogP contribution < -0.4 is 9.64 Å². The maximum absolute atomic E-state index is 14.0. The van der Waals surface area contributed by atoms with Gasteiger partial charge in [-0.1, -0.05) is 18.2 Å². The number of carbonyl (C=O) groups is 1. The lowest BCUT2D eigenvalue weighted by atomic mass is 10.1. The molecule has 2 fully saturated rings. The number of ether oxygens (including phenoxy) is 2. The molecule has 0 aliphatic carbocycles. The summed E-state index contributed by atoms with van der Waals surface area (Å²) in [5, 5.41) is 0. The van der Waals surface area contributed by atoms with Crippen molar-refractivity contribution in [1.29, 1.82) is 0 Å². The Morgan fingerprint density at radius 1 is 1.09 bits per heavy atom. The molecule has 2 aliphatic heterocycles. The van der Waals surface area contributed by atoms with Crippen molar-refractivity contribution in [1.82, 2.24) is 9.80 Å². The third-order valence-electron chi connectivity index (χ3n) is 6.61. The number of anilines is 1. The SMILES string of the molecule is C=CCO[C@@H](CN1CCN(C(=O)c2ccc(OC)c(F)c2)CC1)c1cccc(N2CCCC2)c1. The normalized spacial score (nSPS) is 17.6. The maximum Gasteiger partial charge on any atom is 0.254 e. The summed E-state index contributed by atoms with van der Waals surface area (Å²) in [5.74, 6) is -0.537. The van der Waals surface area contributed by atoms with Crippen molar-refractivity contribution in [3.63, 3.8) is 0 Å². The number of piperazine rings is 1. The van der Waals surface area contributed by atoms with E-state index in [1.165, 1.54) is 43.3 Å². The van der Waals surface area contributed by atoms with Gasteiger partial charge in [0.15, 0.2) is 11.6 Å². The lowest BCUT2D eigenvalue weighted by Crippen LogP contribution is -2.49. The molecule has 1 amide bonds. The van der Waals surface area contributed by atoms with Crippen LogP contribution in [0.25, 0.3) is 0 Å². The Morgan fingerprint density at radius 2 is 1.85 bits per heavy atom. The van der Waals surface area contributed by atoms with E-state index < -0.39 is 5.82 Å². The van der Waals surface area contributed by atoms with E-state index >= 15 is 0 Å². The number of hydrogen-bond acceptors (Lipinski definition) is 5. The van der Waals surface area contributed by atoms with Crippen molar-refractivity contribution in [3.8, 4) is 5.75 Å². The smallest absolute Gasteiger partial charge is 0.254 e. The first-order chi connectivity index (χ1) is 16.6. The van der Waals surface area contributed by atoms with Crippen molar-refractivity contribution in [2.75, 3.05) is 64.4 Å². The standard InChI is InChI=1S/C27H34FN3O3/c1-3-17-34-26(21-7-6-8-23(18-21)30-11-4-5-12-30)20-29-13-15-31(16-14-29)27(32)22-9-10-25(33-2)24(28)19-22/h3,6-10,18-19,26H,1,4-5,11-17,20H2,2H3/t26-/m0/s1. The topological polar surface area (TPSA) is 45.3 Å². The predicted octanol–water partition coefficient (Wildman–Crippen LogP) is 4.14. The highest BCUT2D eigenvalue weighted by molar-refractivity contribution is 5.94. The van der Waals surface area contributed by atoms with Crippen LogP contribution in [0.4, 0.5) is 10.1 Å². The average Bonchev–Trinajstić information content (AvgIpc) is 3.42. The van der Waals surface area contributed by atoms with Crippen molar-refractivity contribution < 1.29 is 18.7 Å². The van der Waals surface area contributed by atoms with E-state index in [0.717, 1.165) is 32.7 Å². The second-order valence-corrected chi connectivity index (χ2v) is 8.84. The molecule has 0 aromatic heterocycles. The molecule has 2 heterocycles. The summed E-state index contributed by atoms with van der Waals surface area (Å²) in [4.78, 5) is 19.4. The van der Waals surface area contributed by atoms with Crippen LogP contribution in [0.1, 0.15) is 34.9 Å². The van der Waals surface area contributed by atoms with E-state index in [2.05, 4.69) is 40.6 Å². The Bertz CT molecular complexity index is 985. The number of hydrogen-bond donors (Lipinski definition) is 0. The average molecular weight is 468 g/mol. The van der Waals surface area contributed by atoms with Gasteiger partial charge in [-0.15, -0.1) is 6.58 Å². The fourth-order valence-corrected chi connectivity index (χ4v) is 4.69. The van der Waals surface area contributed by atoms with Crippen LogP contribution in [-0.4, -0.2) is 75.2 Å². The van der Waals surface area contributed by atoms with Gasteiger partial charge in [-0.05, 0) is 48.7 Å². The number of carbonyl (C=O) groups excluding carboxylic acids is 1. The first kappa shape index (κ1) is 24.2. The molecule has 2 aromatic carbocycles. The fraction of sp³-hybridized carbons (Fsp3) is 0.444. The molecule has 4 rings (SSSR count). The summed E-state index contributed by atoms with van der Waals surface area (Å²) >= 11 is 0. The number of amides is 1. The van der Waals surface area contributed by atoms with Gasteiger partial charge in [-0.3, -0.25) is 9.69 Å². The molecule has 0 spiro atoms. The van der Waals surface area contributed by atoms with Gasteiger partial charge in [0.1, 0.15) is 0 Å². The molecule has 0 unspecified atom stereocenters. The largest absolute Gasteiger partial charge is 0.494 e. The highest BCUT2D eigenvalue weighted by Gasteiger charge is 2.26. The highest BCUT2D eigenvalue weighted by Crippen LogP contribution is 2.27. The lowest BCUT2D eigenvalue weighted by molar-refractivity contribution is 0.0245. The van der Waals surface area contributed by atoms with Gasteiger partial charge < -0.3 is 19.3 Å². The molecule has 0 bridgehead atoms. The van der Waals surface area contributed by atoms with Gasteiger partial charge in [0, 0.05) is 57.1 Å². The Morgan fingerprint density at radius 3 is 2.53 bits per heavy atom. The minimum atomic E-state index is -0.523. The van der Waals surface area contributed by atoms with Crippen molar-refractivity contribution in [3.05, 3.63) is 72.1 Å². The van der Waals surface area contributed by atoms with Crippen molar-refractivity contribution in [2.24, 2.45) is 0 Å². The fourth-order valence-electron chi connectivity index (χ4n) is 4.69. The minimum Gasteiger partial charge on any atom is -0.494 e. The van der Waals surface area contributed by atoms with Gasteiger partial charge in [0.25, 0.3) is 5.91 Å². The second kappa shape index (κ2) is 11.5. The molecule has 34 heavy (non-hydrogen) atoms. The van der Waals surface area contributed by atoms with Crippen LogP contribution in [0.15, 0.2) is 55.1 Å². The first-order valence-electron chi connectivity index (χ1n) is 12.0. The van der Waals surface area contributed by atoms with E-state index in [0.29, 0.717) is 25.3 Å². The molecule has 0 N–H and O–H groups in total. The number of benzene rings is 2. The summed E-state index contributed by atoms with van der Waals surface area (Å²) in [5.41, 5.74) is 2.76. The van der Waals surface area contributed by atoms with Crippen LogP contribution in [-0.2, 0) is 4.74 Å². The minimum absolute atomic E-state index is 0.0708. The molecule has 6 nitrogen and oxygen atoms in total. The Balaban J connectivity index is 1.37. The summed E-state index contributed by atoms with van der Waals surface area (Å²) in [6.45, 7) is 9.91. The zero-order chi connectivity index (χ0) is 23.9. The van der Waals surface area contributed by atoms with Crippen molar-refractivity contribution in [2.45, 2.75) is 18.9 Å². The zero-order valence-corrected chi connectivity index (χ0v) is 19.9. The van der Waals surface area contributed by atoms with Crippen LogP contribution >= 0.6 is 0 Å². The van der Waals surface area contributed by atoms with Gasteiger partial charge in [0.05, 0.1) is 19.8 Å². The predicted molar refractivity (Wildman–Crippen MR) is 132 cm³/mol. The van der Waals surface area contributed by atoms with E-state index in [-0.39, 0.29) is 17.8 Å². The molecular formula is C27H34FN3O3. The van der Waals surface area contributed by atoms with Gasteiger partial charge in [0.2, 0.25) is 0 Å². The maximum atomic E-state index is 14.0. The van der Waals surface area contributed by atoms with E-state index in [9.17, 15) is 9.18 Å². The van der Waals surface area contributed by atoms with Gasteiger partial charge in [-0.25, -0.2) is 4.39 Å². The molecule has 182 valence electrons. The zero-order valence-electron chi connectivity index (χ0n) is 19.9. The molecule has 0 radical (unpaired) electrons. The molecular weight excluding hydrogens is 433 g/mol. The Kier molecular flexibility index (Phi) is 8.19. The van der Waals surface area contributed by atoms with Gasteiger partial charge in [-0.2, -0.15) is 0 Å². The third kappa shape index (κ3) is 5.77. The van der Waals surface area contributed by atoms with Crippen LogP contribution in [0.5, 0.6) is 5.75 Å². The van der Waals surface area contributed by atoms with Gasteiger partial charge >= 0.3 is 0 Å². The number of rotatable bonds is 9. The molecule has 2 aliphatic rings. The van der Waals surface area contributed by atoms with Crippen LogP contribution in [0, 0.1) is 5.82 Å². The molecule has 2 aromatic rings. The number of nitrogens with zero attached hydrogens (tertiary/aromatic N) is 3. The molecule has 2 saturated heterocycles. The summed E-state index contributed by atoms with van der Waals surface area (Å²) in [6.07, 6.45) is 4.19. The van der Waals surface area contributed by atoms with E-state index in [1.54, 1.807) is 17.0 Å². The summed E-state index contributed by atoms with van der Waals surface area (Å²) in [6, 6.07) is 13.0. The number of methoxy groups -OCH3 is 1. The molecule has 0 saturated carbocycles.